The summed E-state index contributed by atoms with van der Waals surface area (Å²) in [6.07, 6.45) is 31.8. The molecule has 0 radical (unpaired) electrons. The lowest BCUT2D eigenvalue weighted by Gasteiger charge is -2.26. The fraction of sp³-hybridized carbons (Fsp3) is 0.760. The van der Waals surface area contributed by atoms with Gasteiger partial charge in [-0.3, -0.25) is 0 Å². The second-order valence-corrected chi connectivity index (χ2v) is 7.94. The zero-order chi connectivity index (χ0) is 18.7. The van der Waals surface area contributed by atoms with Crippen LogP contribution < -0.4 is 0 Å². The molecule has 0 aromatic rings. The third-order valence-electron chi connectivity index (χ3n) is 5.45. The van der Waals surface area contributed by atoms with Crippen LogP contribution in [0.15, 0.2) is 37.5 Å². The first-order chi connectivity index (χ1) is 12.9. The van der Waals surface area contributed by atoms with E-state index < -0.39 is 0 Å². The van der Waals surface area contributed by atoms with Gasteiger partial charge < -0.3 is 4.74 Å². The largest absolute Gasteiger partial charge is 0.371 e. The average Bonchev–Trinajstić information content (AvgIpc) is 2.66. The van der Waals surface area contributed by atoms with E-state index in [2.05, 4.69) is 25.3 Å². The highest BCUT2D eigenvalue weighted by Crippen LogP contribution is 2.22. The Morgan fingerprint density at radius 3 is 1.77 bits per heavy atom. The van der Waals surface area contributed by atoms with Crippen molar-refractivity contribution in [1.82, 2.24) is 0 Å². The zero-order valence-corrected chi connectivity index (χ0v) is 17.3. The quantitative estimate of drug-likeness (QED) is 0.176. The Balaban J connectivity index is 1.94. The van der Waals surface area contributed by atoms with Gasteiger partial charge in [-0.2, -0.15) is 0 Å². The standard InChI is InChI=1S/C25H44O/c1-3-5-7-9-11-13-15-17-20-24-22-19-23-25(26-24)21-18-16-14-12-10-8-6-4-2/h3-4,19,22,24-25H,1-2,5-18,20-21,23H2/t24-,25+/m1/s1. The van der Waals surface area contributed by atoms with Crippen LogP contribution in [0.1, 0.15) is 109 Å². The van der Waals surface area contributed by atoms with Crippen LogP contribution in [-0.2, 0) is 4.74 Å². The summed E-state index contributed by atoms with van der Waals surface area (Å²) >= 11 is 0. The van der Waals surface area contributed by atoms with Crippen LogP contribution >= 0.6 is 0 Å². The van der Waals surface area contributed by atoms with E-state index in [0.29, 0.717) is 12.2 Å². The summed E-state index contributed by atoms with van der Waals surface area (Å²) in [5, 5.41) is 0. The van der Waals surface area contributed by atoms with Gasteiger partial charge in [-0.25, -0.2) is 0 Å². The Kier molecular flexibility index (Phi) is 15.7. The molecule has 1 heteroatoms. The van der Waals surface area contributed by atoms with Crippen LogP contribution in [0.3, 0.4) is 0 Å². The van der Waals surface area contributed by atoms with Crippen LogP contribution in [0.5, 0.6) is 0 Å². The maximum absolute atomic E-state index is 6.30. The first-order valence-electron chi connectivity index (χ1n) is 11.4. The van der Waals surface area contributed by atoms with Gasteiger partial charge >= 0.3 is 0 Å². The predicted molar refractivity (Wildman–Crippen MR) is 117 cm³/mol. The van der Waals surface area contributed by atoms with E-state index in [1.165, 1.54) is 103 Å². The number of rotatable bonds is 18. The van der Waals surface area contributed by atoms with Crippen molar-refractivity contribution in [3.8, 4) is 0 Å². The molecule has 0 saturated heterocycles. The third-order valence-corrected chi connectivity index (χ3v) is 5.45. The first kappa shape index (κ1) is 23.2. The summed E-state index contributed by atoms with van der Waals surface area (Å²) in [6.45, 7) is 7.57. The lowest BCUT2D eigenvalue weighted by Crippen LogP contribution is -2.24. The van der Waals surface area contributed by atoms with Gasteiger partial charge in [0, 0.05) is 0 Å². The van der Waals surface area contributed by atoms with E-state index in [1.807, 2.05) is 12.2 Å². The van der Waals surface area contributed by atoms with E-state index in [0.717, 1.165) is 6.42 Å². The molecule has 0 aromatic carbocycles. The van der Waals surface area contributed by atoms with Crippen LogP contribution in [0, 0.1) is 0 Å². The second-order valence-electron chi connectivity index (χ2n) is 7.94. The molecule has 2 atom stereocenters. The molecule has 0 spiro atoms. The van der Waals surface area contributed by atoms with Gasteiger partial charge in [-0.15, -0.1) is 13.2 Å². The molecule has 0 N–H and O–H groups in total. The molecule has 1 aliphatic rings. The van der Waals surface area contributed by atoms with Gasteiger partial charge in [-0.1, -0.05) is 88.5 Å². The van der Waals surface area contributed by atoms with Crippen LogP contribution in [0.2, 0.25) is 0 Å². The SMILES string of the molecule is C=CCCCCCCCC[C@H]1CC=C[C@@H](CCCCCCCCC=C)O1. The smallest absolute Gasteiger partial charge is 0.0759 e. The highest BCUT2D eigenvalue weighted by atomic mass is 16.5. The molecule has 0 bridgehead atoms. The lowest BCUT2D eigenvalue weighted by atomic mass is 10.0. The average molecular weight is 361 g/mol. The number of ether oxygens (including phenoxy) is 1. The Bertz CT molecular complexity index is 357. The van der Waals surface area contributed by atoms with E-state index >= 15 is 0 Å². The summed E-state index contributed by atoms with van der Waals surface area (Å²) in [5.41, 5.74) is 0. The fourth-order valence-electron chi connectivity index (χ4n) is 3.79. The minimum atomic E-state index is 0.383. The fourth-order valence-corrected chi connectivity index (χ4v) is 3.79. The summed E-state index contributed by atoms with van der Waals surface area (Å²) in [4.78, 5) is 0. The third kappa shape index (κ3) is 13.4. The first-order valence-corrected chi connectivity index (χ1v) is 11.4. The summed E-state index contributed by atoms with van der Waals surface area (Å²) in [6, 6.07) is 0. The lowest BCUT2D eigenvalue weighted by molar-refractivity contribution is -0.00434. The van der Waals surface area contributed by atoms with Crippen LogP contribution in [-0.4, -0.2) is 12.2 Å². The number of hydrogen-bond acceptors (Lipinski definition) is 1. The molecule has 1 aliphatic heterocycles. The highest BCUT2D eigenvalue weighted by Gasteiger charge is 2.17. The van der Waals surface area contributed by atoms with Crippen molar-refractivity contribution in [2.75, 3.05) is 0 Å². The molecule has 1 heterocycles. The molecule has 26 heavy (non-hydrogen) atoms. The van der Waals surface area contributed by atoms with Gasteiger partial charge in [0.15, 0.2) is 0 Å². The Labute approximate surface area is 164 Å². The summed E-state index contributed by atoms with van der Waals surface area (Å²) in [7, 11) is 0. The normalized spacial score (nSPS) is 19.5. The molecule has 0 fully saturated rings. The second kappa shape index (κ2) is 17.6. The van der Waals surface area contributed by atoms with Gasteiger partial charge in [0.05, 0.1) is 12.2 Å². The summed E-state index contributed by atoms with van der Waals surface area (Å²) < 4.78 is 6.30. The van der Waals surface area contributed by atoms with Crippen molar-refractivity contribution in [2.24, 2.45) is 0 Å². The van der Waals surface area contributed by atoms with Crippen molar-refractivity contribution in [3.05, 3.63) is 37.5 Å². The number of unbranched alkanes of at least 4 members (excludes halogenated alkanes) is 12. The van der Waals surface area contributed by atoms with Crippen molar-refractivity contribution >= 4 is 0 Å². The molecular formula is C25H44O. The number of allylic oxidation sites excluding steroid dienone is 2. The Hall–Kier alpha value is -0.820. The maximum Gasteiger partial charge on any atom is 0.0759 e. The minimum absolute atomic E-state index is 0.383. The Morgan fingerprint density at radius 2 is 1.19 bits per heavy atom. The van der Waals surface area contributed by atoms with Crippen LogP contribution in [0.25, 0.3) is 0 Å². The molecule has 0 unspecified atom stereocenters. The van der Waals surface area contributed by atoms with Gasteiger partial charge in [-0.05, 0) is 44.9 Å². The van der Waals surface area contributed by atoms with Gasteiger partial charge in [0.1, 0.15) is 0 Å². The van der Waals surface area contributed by atoms with Crippen molar-refractivity contribution < 1.29 is 4.74 Å². The van der Waals surface area contributed by atoms with Gasteiger partial charge in [0.2, 0.25) is 0 Å². The molecule has 0 aliphatic carbocycles. The molecule has 1 rings (SSSR count). The predicted octanol–water partition coefficient (Wildman–Crippen LogP) is 8.31. The molecule has 1 nitrogen and oxygen atoms in total. The number of hydrogen-bond donors (Lipinski definition) is 0. The van der Waals surface area contributed by atoms with Crippen molar-refractivity contribution in [1.29, 1.82) is 0 Å². The van der Waals surface area contributed by atoms with E-state index in [4.69, 9.17) is 4.74 Å². The monoisotopic (exact) mass is 360 g/mol. The van der Waals surface area contributed by atoms with Gasteiger partial charge in [0.25, 0.3) is 0 Å². The maximum atomic E-state index is 6.30. The Morgan fingerprint density at radius 1 is 0.692 bits per heavy atom. The van der Waals surface area contributed by atoms with E-state index in [9.17, 15) is 0 Å². The zero-order valence-electron chi connectivity index (χ0n) is 17.3. The van der Waals surface area contributed by atoms with E-state index in [1.54, 1.807) is 0 Å². The molecule has 150 valence electrons. The topological polar surface area (TPSA) is 9.23 Å². The van der Waals surface area contributed by atoms with Crippen molar-refractivity contribution in [2.45, 2.75) is 121 Å². The molecule has 0 saturated carbocycles. The molecule has 0 aromatic heterocycles. The minimum Gasteiger partial charge on any atom is -0.371 e. The summed E-state index contributed by atoms with van der Waals surface area (Å²) in [5.74, 6) is 0. The van der Waals surface area contributed by atoms with Crippen molar-refractivity contribution in [3.63, 3.8) is 0 Å². The van der Waals surface area contributed by atoms with Crippen LogP contribution in [0.4, 0.5) is 0 Å². The molecule has 0 amide bonds. The molecular weight excluding hydrogens is 316 g/mol. The highest BCUT2D eigenvalue weighted by molar-refractivity contribution is 4.96. The van der Waals surface area contributed by atoms with E-state index in [-0.39, 0.29) is 0 Å².